The number of methoxy groups -OCH3 is 3. The molecule has 0 radical (unpaired) electrons. The van der Waals surface area contributed by atoms with Crippen LogP contribution in [0, 0.1) is 0 Å². The van der Waals surface area contributed by atoms with E-state index in [1.54, 1.807) is 27.4 Å². The smallest absolute Gasteiger partial charge is 0.203 e. The number of benzene rings is 1. The highest BCUT2D eigenvalue weighted by Crippen LogP contribution is 2.42. The van der Waals surface area contributed by atoms with Gasteiger partial charge in [0.2, 0.25) is 5.75 Å². The Morgan fingerprint density at radius 3 is 2.29 bits per heavy atom. The number of aliphatic hydroxyl groups is 1. The molecule has 118 valence electrons. The second-order valence-electron chi connectivity index (χ2n) is 5.28. The molecule has 0 amide bonds. The lowest BCUT2D eigenvalue weighted by atomic mass is 10.0. The average Bonchev–Trinajstić information content (AvgIpc) is 3.04. The van der Waals surface area contributed by atoms with E-state index in [1.165, 1.54) is 12.8 Å². The first-order valence-electron chi connectivity index (χ1n) is 7.40. The summed E-state index contributed by atoms with van der Waals surface area (Å²) < 4.78 is 16.0. The molecule has 0 spiro atoms. The molecule has 0 aromatic heterocycles. The highest BCUT2D eigenvalue weighted by Gasteiger charge is 2.22. The van der Waals surface area contributed by atoms with Crippen molar-refractivity contribution in [3.63, 3.8) is 0 Å². The van der Waals surface area contributed by atoms with Crippen molar-refractivity contribution in [2.75, 3.05) is 41.0 Å². The van der Waals surface area contributed by atoms with E-state index in [0.717, 1.165) is 25.2 Å². The third kappa shape index (κ3) is 3.60. The molecule has 0 bridgehead atoms. The molecule has 1 aliphatic rings. The minimum absolute atomic E-state index is 0.526. The Morgan fingerprint density at radius 2 is 1.71 bits per heavy atom. The van der Waals surface area contributed by atoms with Crippen molar-refractivity contribution in [3.05, 3.63) is 17.7 Å². The van der Waals surface area contributed by atoms with Gasteiger partial charge in [-0.25, -0.2) is 0 Å². The Hall–Kier alpha value is -1.46. The summed E-state index contributed by atoms with van der Waals surface area (Å²) in [6.45, 7) is 3.17. The third-order valence-electron chi connectivity index (χ3n) is 4.01. The topological polar surface area (TPSA) is 51.2 Å². The molecule has 21 heavy (non-hydrogen) atoms. The van der Waals surface area contributed by atoms with Gasteiger partial charge in [-0.3, -0.25) is 0 Å². The van der Waals surface area contributed by atoms with Gasteiger partial charge in [0, 0.05) is 12.1 Å². The van der Waals surface area contributed by atoms with Gasteiger partial charge < -0.3 is 24.2 Å². The van der Waals surface area contributed by atoms with Gasteiger partial charge in [0.25, 0.3) is 0 Å². The Balaban J connectivity index is 2.13. The monoisotopic (exact) mass is 295 g/mol. The van der Waals surface area contributed by atoms with Gasteiger partial charge >= 0.3 is 0 Å². The van der Waals surface area contributed by atoms with E-state index in [1.807, 2.05) is 6.07 Å². The van der Waals surface area contributed by atoms with Crippen molar-refractivity contribution in [2.45, 2.75) is 25.4 Å². The molecule has 0 saturated carbocycles. The van der Waals surface area contributed by atoms with Crippen LogP contribution in [0.4, 0.5) is 0 Å². The van der Waals surface area contributed by atoms with Gasteiger partial charge in [-0.15, -0.1) is 0 Å². The summed E-state index contributed by atoms with van der Waals surface area (Å²) in [5.74, 6) is 1.67. The van der Waals surface area contributed by atoms with Crippen LogP contribution in [0.5, 0.6) is 17.2 Å². The zero-order chi connectivity index (χ0) is 15.2. The van der Waals surface area contributed by atoms with Crippen molar-refractivity contribution in [1.82, 2.24) is 4.90 Å². The van der Waals surface area contributed by atoms with Crippen LogP contribution in [-0.2, 0) is 0 Å². The highest BCUT2D eigenvalue weighted by atomic mass is 16.5. The van der Waals surface area contributed by atoms with Crippen molar-refractivity contribution in [2.24, 2.45) is 0 Å². The fraction of sp³-hybridized carbons (Fsp3) is 0.625. The third-order valence-corrected chi connectivity index (χ3v) is 4.01. The number of nitrogens with zero attached hydrogens (tertiary/aromatic N) is 1. The molecule has 5 heteroatoms. The van der Waals surface area contributed by atoms with Gasteiger partial charge in [0.1, 0.15) is 0 Å². The van der Waals surface area contributed by atoms with Crippen LogP contribution in [0.1, 0.15) is 30.9 Å². The normalized spacial score (nSPS) is 16.8. The minimum atomic E-state index is -0.569. The molecule has 1 aromatic rings. The minimum Gasteiger partial charge on any atom is -0.493 e. The van der Waals surface area contributed by atoms with Crippen molar-refractivity contribution in [1.29, 1.82) is 0 Å². The molecular formula is C16H25NO4. The van der Waals surface area contributed by atoms with E-state index in [2.05, 4.69) is 4.90 Å². The summed E-state index contributed by atoms with van der Waals surface area (Å²) in [6.07, 6.45) is 2.64. The Morgan fingerprint density at radius 1 is 1.05 bits per heavy atom. The van der Waals surface area contributed by atoms with E-state index >= 15 is 0 Å². The molecule has 1 aliphatic heterocycles. The van der Waals surface area contributed by atoms with Crippen molar-refractivity contribution < 1.29 is 19.3 Å². The highest BCUT2D eigenvalue weighted by molar-refractivity contribution is 5.56. The molecule has 1 saturated heterocycles. The lowest BCUT2D eigenvalue weighted by Gasteiger charge is -2.21. The van der Waals surface area contributed by atoms with Gasteiger partial charge in [-0.1, -0.05) is 0 Å². The summed E-state index contributed by atoms with van der Waals surface area (Å²) in [6, 6.07) is 3.64. The second kappa shape index (κ2) is 7.52. The fourth-order valence-electron chi connectivity index (χ4n) is 2.85. The van der Waals surface area contributed by atoms with Crippen molar-refractivity contribution in [3.8, 4) is 17.2 Å². The predicted octanol–water partition coefficient (Wildman–Crippen LogP) is 2.23. The maximum absolute atomic E-state index is 10.5. The number of hydrogen-bond acceptors (Lipinski definition) is 5. The molecule has 1 unspecified atom stereocenters. The van der Waals surface area contributed by atoms with Crippen LogP contribution < -0.4 is 14.2 Å². The second-order valence-corrected chi connectivity index (χ2v) is 5.28. The van der Waals surface area contributed by atoms with Crippen LogP contribution in [0.15, 0.2) is 12.1 Å². The molecule has 2 rings (SSSR count). The van der Waals surface area contributed by atoms with E-state index in [0.29, 0.717) is 23.7 Å². The quantitative estimate of drug-likeness (QED) is 0.836. The molecule has 5 nitrogen and oxygen atoms in total. The standard InChI is InChI=1S/C16H25NO4/c1-19-14-7-6-12(15(20-2)16(14)21-3)13(18)8-11-17-9-4-5-10-17/h6-7,13,18H,4-5,8-11H2,1-3H3. The first-order chi connectivity index (χ1) is 10.2. The number of ether oxygens (including phenoxy) is 3. The zero-order valence-electron chi connectivity index (χ0n) is 13.1. The summed E-state index contributed by atoms with van der Waals surface area (Å²) in [5.41, 5.74) is 0.745. The molecule has 1 atom stereocenters. The van der Waals surface area contributed by atoms with Gasteiger partial charge in [-0.05, 0) is 44.5 Å². The lowest BCUT2D eigenvalue weighted by molar-refractivity contribution is 0.144. The van der Waals surface area contributed by atoms with Crippen molar-refractivity contribution >= 4 is 0 Å². The SMILES string of the molecule is COc1ccc(C(O)CCN2CCCC2)c(OC)c1OC. The number of likely N-dealkylation sites (tertiary alicyclic amines) is 1. The zero-order valence-corrected chi connectivity index (χ0v) is 13.1. The molecule has 1 heterocycles. The molecular weight excluding hydrogens is 270 g/mol. The first kappa shape index (κ1) is 15.9. The van der Waals surface area contributed by atoms with E-state index in [9.17, 15) is 5.11 Å². The predicted molar refractivity (Wildman–Crippen MR) is 81.3 cm³/mol. The van der Waals surface area contributed by atoms with Crippen LogP contribution in [-0.4, -0.2) is 51.0 Å². The molecule has 1 N–H and O–H groups in total. The number of rotatable bonds is 7. The largest absolute Gasteiger partial charge is 0.493 e. The fourth-order valence-corrected chi connectivity index (χ4v) is 2.85. The van der Waals surface area contributed by atoms with Crippen LogP contribution in [0.2, 0.25) is 0 Å². The Kier molecular flexibility index (Phi) is 5.70. The number of aliphatic hydroxyl groups excluding tert-OH is 1. The van der Waals surface area contributed by atoms with Gasteiger partial charge in [-0.2, -0.15) is 0 Å². The average molecular weight is 295 g/mol. The van der Waals surface area contributed by atoms with E-state index < -0.39 is 6.10 Å². The van der Waals surface area contributed by atoms with E-state index in [-0.39, 0.29) is 0 Å². The summed E-state index contributed by atoms with van der Waals surface area (Å²) >= 11 is 0. The van der Waals surface area contributed by atoms with Crippen LogP contribution in [0.3, 0.4) is 0 Å². The summed E-state index contributed by atoms with van der Waals surface area (Å²) in [4.78, 5) is 2.39. The lowest BCUT2D eigenvalue weighted by Crippen LogP contribution is -2.22. The Labute approximate surface area is 126 Å². The van der Waals surface area contributed by atoms with Gasteiger partial charge in [0.05, 0.1) is 27.4 Å². The Bertz CT molecular complexity index is 458. The van der Waals surface area contributed by atoms with Gasteiger partial charge in [0.15, 0.2) is 11.5 Å². The maximum atomic E-state index is 10.5. The molecule has 0 aliphatic carbocycles. The van der Waals surface area contributed by atoms with E-state index in [4.69, 9.17) is 14.2 Å². The summed E-state index contributed by atoms with van der Waals surface area (Å²) in [5, 5.41) is 10.5. The maximum Gasteiger partial charge on any atom is 0.203 e. The molecule has 1 aromatic carbocycles. The van der Waals surface area contributed by atoms with Crippen LogP contribution in [0.25, 0.3) is 0 Å². The summed E-state index contributed by atoms with van der Waals surface area (Å²) in [7, 11) is 4.73. The molecule has 1 fully saturated rings. The van der Waals surface area contributed by atoms with Crippen LogP contribution >= 0.6 is 0 Å². The number of hydrogen-bond donors (Lipinski definition) is 1. The first-order valence-corrected chi connectivity index (χ1v) is 7.40.